The Morgan fingerprint density at radius 1 is 1.43 bits per heavy atom. The maximum Gasteiger partial charge on any atom is 0.191 e. The van der Waals surface area contributed by atoms with Crippen molar-refractivity contribution in [3.63, 3.8) is 0 Å². The largest absolute Gasteiger partial charge is 0.491 e. The van der Waals surface area contributed by atoms with Crippen LogP contribution in [0.15, 0.2) is 10.5 Å². The van der Waals surface area contributed by atoms with Gasteiger partial charge in [-0.2, -0.15) is 0 Å². The quantitative estimate of drug-likeness (QED) is 0.674. The molecule has 0 aliphatic carbocycles. The minimum absolute atomic E-state index is 0.0998. The summed E-state index contributed by atoms with van der Waals surface area (Å²) in [5, 5.41) is 0. The molecule has 1 rings (SSSR count). The Hall–Kier alpha value is -0.720. The molecule has 78 valence electrons. The molecule has 1 aromatic carbocycles. The number of nitrogens with two attached hydrogens (primary N) is 1. The Labute approximate surface area is 87.9 Å². The molecular weight excluding hydrogens is 260 g/mol. The van der Waals surface area contributed by atoms with Gasteiger partial charge >= 0.3 is 0 Å². The molecule has 0 unspecified atom stereocenters. The van der Waals surface area contributed by atoms with E-state index >= 15 is 0 Å². The van der Waals surface area contributed by atoms with Gasteiger partial charge in [0.05, 0.1) is 18.2 Å². The van der Waals surface area contributed by atoms with Crippen LogP contribution in [-0.4, -0.2) is 7.11 Å². The van der Waals surface area contributed by atoms with Gasteiger partial charge in [0, 0.05) is 5.56 Å². The van der Waals surface area contributed by atoms with Crippen molar-refractivity contribution >= 4 is 15.9 Å². The molecular formula is C8H8BrF2NO2. The molecule has 0 radical (unpaired) electrons. The van der Waals surface area contributed by atoms with Gasteiger partial charge in [0.2, 0.25) is 0 Å². The van der Waals surface area contributed by atoms with Crippen molar-refractivity contribution in [1.82, 2.24) is 0 Å². The van der Waals surface area contributed by atoms with Crippen LogP contribution in [0.1, 0.15) is 5.56 Å². The molecule has 3 nitrogen and oxygen atoms in total. The van der Waals surface area contributed by atoms with Crippen LogP contribution in [-0.2, 0) is 11.4 Å². The molecule has 0 aromatic heterocycles. The van der Waals surface area contributed by atoms with Gasteiger partial charge in [0.25, 0.3) is 0 Å². The molecule has 0 spiro atoms. The van der Waals surface area contributed by atoms with Crippen LogP contribution in [0.3, 0.4) is 0 Å². The van der Waals surface area contributed by atoms with Crippen LogP contribution in [0.4, 0.5) is 8.78 Å². The highest BCUT2D eigenvalue weighted by Crippen LogP contribution is 2.30. The van der Waals surface area contributed by atoms with Gasteiger partial charge in [-0.25, -0.2) is 14.7 Å². The van der Waals surface area contributed by atoms with Crippen molar-refractivity contribution in [2.24, 2.45) is 5.90 Å². The fourth-order valence-electron chi connectivity index (χ4n) is 1.00. The van der Waals surface area contributed by atoms with Gasteiger partial charge in [0.1, 0.15) is 0 Å². The maximum atomic E-state index is 13.4. The number of ether oxygens (including phenoxy) is 1. The van der Waals surface area contributed by atoms with Gasteiger partial charge in [0.15, 0.2) is 17.4 Å². The zero-order valence-corrected chi connectivity index (χ0v) is 8.90. The van der Waals surface area contributed by atoms with Crippen molar-refractivity contribution in [3.8, 4) is 5.75 Å². The van der Waals surface area contributed by atoms with Crippen molar-refractivity contribution in [3.05, 3.63) is 27.7 Å². The van der Waals surface area contributed by atoms with Crippen LogP contribution in [0, 0.1) is 11.6 Å². The Kier molecular flexibility index (Phi) is 3.79. The highest BCUT2D eigenvalue weighted by atomic mass is 79.9. The second-order valence-electron chi connectivity index (χ2n) is 2.49. The standard InChI is InChI=1S/C8H8BrF2NO2/c1-13-8-6(10)4(3-14-12)2-5(9)7(8)11/h2H,3,12H2,1H3. The predicted molar refractivity (Wildman–Crippen MR) is 49.6 cm³/mol. The summed E-state index contributed by atoms with van der Waals surface area (Å²) < 4.78 is 31.2. The smallest absolute Gasteiger partial charge is 0.191 e. The number of benzene rings is 1. The van der Waals surface area contributed by atoms with Crippen LogP contribution < -0.4 is 10.6 Å². The zero-order chi connectivity index (χ0) is 10.7. The summed E-state index contributed by atoms with van der Waals surface area (Å²) in [6, 6.07) is 1.25. The van der Waals surface area contributed by atoms with Crippen LogP contribution in [0.2, 0.25) is 0 Å². The van der Waals surface area contributed by atoms with E-state index in [2.05, 4.69) is 25.5 Å². The second kappa shape index (κ2) is 4.68. The van der Waals surface area contributed by atoms with E-state index in [-0.39, 0.29) is 16.6 Å². The lowest BCUT2D eigenvalue weighted by Crippen LogP contribution is -2.04. The van der Waals surface area contributed by atoms with Gasteiger partial charge in [-0.05, 0) is 22.0 Å². The van der Waals surface area contributed by atoms with Crippen molar-refractivity contribution in [2.45, 2.75) is 6.61 Å². The molecule has 0 saturated carbocycles. The summed E-state index contributed by atoms with van der Waals surface area (Å²) in [5.74, 6) is 2.75. The normalized spacial score (nSPS) is 10.4. The molecule has 0 bridgehead atoms. The Morgan fingerprint density at radius 3 is 2.57 bits per heavy atom. The molecule has 0 heterocycles. The van der Waals surface area contributed by atoms with E-state index in [1.54, 1.807) is 0 Å². The average molecular weight is 268 g/mol. The SMILES string of the molecule is COc1c(F)c(Br)cc(CON)c1F. The van der Waals surface area contributed by atoms with E-state index in [0.29, 0.717) is 0 Å². The first-order valence-corrected chi connectivity index (χ1v) is 4.43. The third kappa shape index (κ3) is 2.02. The van der Waals surface area contributed by atoms with E-state index in [1.807, 2.05) is 0 Å². The predicted octanol–water partition coefficient (Wildman–Crippen LogP) is 2.13. The molecule has 0 fully saturated rings. The first-order valence-electron chi connectivity index (χ1n) is 3.63. The van der Waals surface area contributed by atoms with Crippen molar-refractivity contribution in [2.75, 3.05) is 7.11 Å². The molecule has 0 saturated heterocycles. The van der Waals surface area contributed by atoms with Gasteiger partial charge < -0.3 is 4.74 Å². The maximum absolute atomic E-state index is 13.4. The number of hydrogen-bond acceptors (Lipinski definition) is 3. The fourth-order valence-corrected chi connectivity index (χ4v) is 1.46. The Bertz CT molecular complexity index is 347. The summed E-state index contributed by atoms with van der Waals surface area (Å²) >= 11 is 2.92. The second-order valence-corrected chi connectivity index (χ2v) is 3.34. The first-order chi connectivity index (χ1) is 6.61. The first kappa shape index (κ1) is 11.4. The third-order valence-corrected chi connectivity index (χ3v) is 2.21. The van der Waals surface area contributed by atoms with E-state index in [4.69, 9.17) is 5.90 Å². The summed E-state index contributed by atoms with van der Waals surface area (Å²) in [7, 11) is 1.18. The summed E-state index contributed by atoms with van der Waals surface area (Å²) in [4.78, 5) is 4.26. The van der Waals surface area contributed by atoms with Gasteiger partial charge in [-0.15, -0.1) is 0 Å². The van der Waals surface area contributed by atoms with Gasteiger partial charge in [-0.1, -0.05) is 0 Å². The Balaban J connectivity index is 3.27. The lowest BCUT2D eigenvalue weighted by atomic mass is 10.2. The Morgan fingerprint density at radius 2 is 2.07 bits per heavy atom. The summed E-state index contributed by atoms with van der Waals surface area (Å²) in [6.45, 7) is -0.152. The van der Waals surface area contributed by atoms with E-state index < -0.39 is 17.4 Å². The highest BCUT2D eigenvalue weighted by Gasteiger charge is 2.17. The number of methoxy groups -OCH3 is 1. The van der Waals surface area contributed by atoms with Crippen LogP contribution in [0.5, 0.6) is 5.75 Å². The molecule has 0 aliphatic heterocycles. The van der Waals surface area contributed by atoms with Crippen LogP contribution >= 0.6 is 15.9 Å². The lowest BCUT2D eigenvalue weighted by molar-refractivity contribution is 0.121. The molecule has 6 heteroatoms. The lowest BCUT2D eigenvalue weighted by Gasteiger charge is -2.09. The van der Waals surface area contributed by atoms with E-state index in [9.17, 15) is 8.78 Å². The third-order valence-electron chi connectivity index (χ3n) is 1.63. The van der Waals surface area contributed by atoms with Crippen molar-refractivity contribution in [1.29, 1.82) is 0 Å². The fraction of sp³-hybridized carbons (Fsp3) is 0.250. The number of halogens is 3. The molecule has 0 aliphatic rings. The minimum atomic E-state index is -0.807. The molecule has 2 N–H and O–H groups in total. The minimum Gasteiger partial charge on any atom is -0.491 e. The summed E-state index contributed by atoms with van der Waals surface area (Å²) in [5.41, 5.74) is 0.123. The average Bonchev–Trinajstić information content (AvgIpc) is 2.16. The summed E-state index contributed by atoms with van der Waals surface area (Å²) in [6.07, 6.45) is 0. The number of hydrogen-bond donors (Lipinski definition) is 1. The monoisotopic (exact) mass is 267 g/mol. The van der Waals surface area contributed by atoms with Gasteiger partial charge in [-0.3, -0.25) is 4.84 Å². The topological polar surface area (TPSA) is 44.5 Å². The molecule has 14 heavy (non-hydrogen) atoms. The zero-order valence-electron chi connectivity index (χ0n) is 7.31. The van der Waals surface area contributed by atoms with E-state index in [1.165, 1.54) is 13.2 Å². The van der Waals surface area contributed by atoms with Crippen LogP contribution in [0.25, 0.3) is 0 Å². The molecule has 1 aromatic rings. The highest BCUT2D eigenvalue weighted by molar-refractivity contribution is 9.10. The van der Waals surface area contributed by atoms with E-state index in [0.717, 1.165) is 0 Å². The number of rotatable bonds is 3. The molecule has 0 atom stereocenters. The van der Waals surface area contributed by atoms with Crippen molar-refractivity contribution < 1.29 is 18.4 Å². The molecule has 0 amide bonds.